The maximum absolute atomic E-state index is 15.5. The van der Waals surface area contributed by atoms with Crippen LogP contribution in [-0.4, -0.2) is 50.0 Å². The zero-order valence-electron chi connectivity index (χ0n) is 26.2. The third-order valence-corrected chi connectivity index (χ3v) is 10.6. The van der Waals surface area contributed by atoms with Gasteiger partial charge in [0.2, 0.25) is 5.91 Å². The number of allylic oxidation sites excluding steroid dienone is 1. The third kappa shape index (κ3) is 5.94. The maximum Gasteiger partial charge on any atom is 0.419 e. The highest BCUT2D eigenvalue weighted by atomic mass is 19.4. The average Bonchev–Trinajstić information content (AvgIpc) is 3.86. The van der Waals surface area contributed by atoms with Gasteiger partial charge in [0.15, 0.2) is 11.6 Å². The molecule has 1 saturated heterocycles. The van der Waals surface area contributed by atoms with Crippen molar-refractivity contribution in [3.8, 4) is 5.75 Å². The van der Waals surface area contributed by atoms with Gasteiger partial charge in [-0.3, -0.25) is 9.59 Å². The molecule has 8 nitrogen and oxygen atoms in total. The van der Waals surface area contributed by atoms with Crippen LogP contribution in [0.3, 0.4) is 0 Å². The summed E-state index contributed by atoms with van der Waals surface area (Å²) < 4.78 is 80.7. The minimum Gasteiger partial charge on any atom is -0.493 e. The van der Waals surface area contributed by atoms with Crippen LogP contribution < -0.4 is 15.4 Å². The van der Waals surface area contributed by atoms with Gasteiger partial charge in [-0.2, -0.15) is 13.2 Å². The number of methoxy groups -OCH3 is 1. The van der Waals surface area contributed by atoms with Gasteiger partial charge >= 0.3 is 6.18 Å². The molecule has 0 radical (unpaired) electrons. The fraction of sp³-hybridized carbons (Fsp3) is 0.514. The number of carbonyl (C=O) groups is 2. The highest BCUT2D eigenvalue weighted by molar-refractivity contribution is 6.06. The molecule has 2 aromatic carbocycles. The molecule has 4 unspecified atom stereocenters. The third-order valence-electron chi connectivity index (χ3n) is 10.6. The van der Waals surface area contributed by atoms with Crippen LogP contribution >= 0.6 is 0 Å². The maximum atomic E-state index is 15.5. The molecule has 5 aliphatic rings. The number of oxime groups is 1. The monoisotopic (exact) mass is 673 g/mol. The number of alkyl halides is 3. The van der Waals surface area contributed by atoms with Gasteiger partial charge in [-0.1, -0.05) is 29.6 Å². The van der Waals surface area contributed by atoms with E-state index >= 15 is 4.39 Å². The molecular weight excluding hydrogens is 637 g/mol. The van der Waals surface area contributed by atoms with E-state index in [1.165, 1.54) is 19.2 Å². The summed E-state index contributed by atoms with van der Waals surface area (Å²) in [6.07, 6.45) is 3.33. The molecule has 2 N–H and O–H groups in total. The zero-order chi connectivity index (χ0) is 33.7. The SMILES string of the molecule is COc1c(F)cc(C2=NOC3CCOCC23)cc1C(=O)N[C@@H]1C2CCC(C2=CC2CCCC2)[C@@H]1C(=O)Nc1ccc(F)c(C(F)(F)F)c1. The van der Waals surface area contributed by atoms with Crippen LogP contribution in [0.25, 0.3) is 0 Å². The summed E-state index contributed by atoms with van der Waals surface area (Å²) in [5.41, 5.74) is 0.0902. The van der Waals surface area contributed by atoms with E-state index in [1.807, 2.05) is 0 Å². The Labute approximate surface area is 274 Å². The molecule has 48 heavy (non-hydrogen) atoms. The number of halogens is 5. The molecule has 3 saturated carbocycles. The molecule has 256 valence electrons. The fourth-order valence-corrected chi connectivity index (χ4v) is 8.37. The van der Waals surface area contributed by atoms with Crippen molar-refractivity contribution in [3.05, 3.63) is 70.3 Å². The smallest absolute Gasteiger partial charge is 0.419 e. The summed E-state index contributed by atoms with van der Waals surface area (Å²) in [5.74, 6) is -4.90. The van der Waals surface area contributed by atoms with Crippen LogP contribution in [0.15, 0.2) is 47.1 Å². The van der Waals surface area contributed by atoms with Crippen LogP contribution in [0, 0.1) is 41.2 Å². The van der Waals surface area contributed by atoms with Gasteiger partial charge < -0.3 is 24.9 Å². The number of amides is 2. The fourth-order valence-electron chi connectivity index (χ4n) is 8.37. The van der Waals surface area contributed by atoms with Crippen LogP contribution in [-0.2, 0) is 20.5 Å². The standard InChI is InChI=1S/C35H36F5N3O5/c1-46-32-23(13-18(14-27(32)37)30-24-16-47-11-10-28(24)48-43-30)33(44)42-31-21-8-7-20(22(21)12-17-4-2-3-5-17)29(31)34(45)41-19-6-9-26(36)25(15-19)35(38,39)40/h6,9,12-15,17,20-21,24,28-29,31H,2-5,7-8,10-11,16H2,1H3,(H,41,45)(H,42,44)/t20?,21?,24?,28?,29-,31+/m0/s1. The largest absolute Gasteiger partial charge is 0.493 e. The van der Waals surface area contributed by atoms with Crippen molar-refractivity contribution in [2.45, 2.75) is 63.3 Å². The van der Waals surface area contributed by atoms with Crippen LogP contribution in [0.5, 0.6) is 5.75 Å². The number of rotatable bonds is 7. The highest BCUT2D eigenvalue weighted by Crippen LogP contribution is 2.54. The summed E-state index contributed by atoms with van der Waals surface area (Å²) in [6.45, 7) is 0.865. The number of benzene rings is 2. The van der Waals surface area contributed by atoms with Crippen molar-refractivity contribution in [3.63, 3.8) is 0 Å². The predicted octanol–water partition coefficient (Wildman–Crippen LogP) is 6.64. The summed E-state index contributed by atoms with van der Waals surface area (Å²) >= 11 is 0. The number of nitrogens with zero attached hydrogens (tertiary/aromatic N) is 1. The van der Waals surface area contributed by atoms with Gasteiger partial charge in [0.25, 0.3) is 5.91 Å². The van der Waals surface area contributed by atoms with E-state index in [9.17, 15) is 27.2 Å². The number of anilines is 1. The van der Waals surface area contributed by atoms with Crippen molar-refractivity contribution >= 4 is 23.2 Å². The second-order valence-electron chi connectivity index (χ2n) is 13.3. The number of hydrogen-bond donors (Lipinski definition) is 2. The molecule has 3 aliphatic carbocycles. The predicted molar refractivity (Wildman–Crippen MR) is 164 cm³/mol. The summed E-state index contributed by atoms with van der Waals surface area (Å²) in [7, 11) is 1.25. The second-order valence-corrected chi connectivity index (χ2v) is 13.3. The molecule has 2 amide bonds. The van der Waals surface area contributed by atoms with Crippen LogP contribution in [0.2, 0.25) is 0 Å². The quantitative estimate of drug-likeness (QED) is 0.254. The first-order valence-electron chi connectivity index (χ1n) is 16.4. The second kappa shape index (κ2) is 12.8. The number of hydrogen-bond acceptors (Lipinski definition) is 6. The number of fused-ring (bicyclic) bond motifs is 3. The van der Waals surface area contributed by atoms with Crippen molar-refractivity contribution in [2.24, 2.45) is 34.7 Å². The Morgan fingerprint density at radius 1 is 0.979 bits per heavy atom. The first-order valence-corrected chi connectivity index (χ1v) is 16.4. The normalized spacial score (nSPS) is 29.0. The highest BCUT2D eigenvalue weighted by Gasteiger charge is 2.55. The molecular formula is C35H36F5N3O5. The van der Waals surface area contributed by atoms with Crippen molar-refractivity contribution in [1.82, 2.24) is 5.32 Å². The van der Waals surface area contributed by atoms with E-state index < -0.39 is 47.1 Å². The summed E-state index contributed by atoms with van der Waals surface area (Å²) in [4.78, 5) is 33.5. The number of carbonyl (C=O) groups excluding carboxylic acids is 2. The van der Waals surface area contributed by atoms with E-state index in [2.05, 4.69) is 21.9 Å². The van der Waals surface area contributed by atoms with Gasteiger partial charge in [-0.15, -0.1) is 0 Å². The lowest BCUT2D eigenvalue weighted by molar-refractivity contribution is -0.140. The minimum atomic E-state index is -4.95. The average molecular weight is 674 g/mol. The van der Waals surface area contributed by atoms with Crippen molar-refractivity contribution in [1.29, 1.82) is 0 Å². The van der Waals surface area contributed by atoms with Gasteiger partial charge in [-0.05, 0) is 67.9 Å². The Morgan fingerprint density at radius 2 is 1.75 bits per heavy atom. The van der Waals surface area contributed by atoms with E-state index in [1.54, 1.807) is 0 Å². The molecule has 2 aromatic rings. The van der Waals surface area contributed by atoms with E-state index in [4.69, 9.17) is 14.3 Å². The van der Waals surface area contributed by atoms with Gasteiger partial charge in [-0.25, -0.2) is 8.78 Å². The zero-order valence-corrected chi connectivity index (χ0v) is 26.2. The molecule has 0 aromatic heterocycles. The molecule has 0 spiro atoms. The minimum absolute atomic E-state index is 0.0908. The van der Waals surface area contributed by atoms with Crippen molar-refractivity contribution < 1.29 is 45.9 Å². The Kier molecular flexibility index (Phi) is 8.67. The Hall–Kier alpha value is -4.00. The Bertz CT molecular complexity index is 1670. The molecule has 2 aliphatic heterocycles. The van der Waals surface area contributed by atoms with E-state index in [0.29, 0.717) is 61.8 Å². The van der Waals surface area contributed by atoms with E-state index in [-0.39, 0.29) is 40.9 Å². The molecule has 7 rings (SSSR count). The van der Waals surface area contributed by atoms with Crippen LogP contribution in [0.1, 0.15) is 66.4 Å². The van der Waals surface area contributed by atoms with Gasteiger partial charge in [0.05, 0.1) is 49.0 Å². The summed E-state index contributed by atoms with van der Waals surface area (Å²) in [6, 6.07) is 4.31. The molecule has 2 bridgehead atoms. The topological polar surface area (TPSA) is 98.2 Å². The summed E-state index contributed by atoms with van der Waals surface area (Å²) in [5, 5.41) is 9.74. The van der Waals surface area contributed by atoms with E-state index in [0.717, 1.165) is 37.3 Å². The van der Waals surface area contributed by atoms with Crippen molar-refractivity contribution in [2.75, 3.05) is 25.6 Å². The Morgan fingerprint density at radius 3 is 2.50 bits per heavy atom. The lowest BCUT2D eigenvalue weighted by atomic mass is 9.83. The molecule has 13 heteroatoms. The molecule has 4 fully saturated rings. The number of nitrogens with one attached hydrogen (secondary N) is 2. The van der Waals surface area contributed by atoms with Crippen LogP contribution in [0.4, 0.5) is 27.6 Å². The molecule has 2 heterocycles. The van der Waals surface area contributed by atoms with Gasteiger partial charge in [0.1, 0.15) is 11.9 Å². The number of ether oxygens (including phenoxy) is 2. The Balaban J connectivity index is 1.20. The lowest BCUT2D eigenvalue weighted by Gasteiger charge is -2.30. The molecule has 6 atom stereocenters. The van der Waals surface area contributed by atoms with Gasteiger partial charge in [0, 0.05) is 29.6 Å². The first kappa shape index (κ1) is 32.5. The first-order chi connectivity index (χ1) is 23.0. The lowest BCUT2D eigenvalue weighted by Crippen LogP contribution is -2.48.